The first kappa shape index (κ1) is 15.9. The van der Waals surface area contributed by atoms with E-state index >= 15 is 0 Å². The van der Waals surface area contributed by atoms with Crippen LogP contribution in [-0.2, 0) is 14.3 Å². The van der Waals surface area contributed by atoms with Crippen molar-refractivity contribution in [3.63, 3.8) is 0 Å². The average molecular weight is 325 g/mol. The summed E-state index contributed by atoms with van der Waals surface area (Å²) in [6, 6.07) is 3.99. The summed E-state index contributed by atoms with van der Waals surface area (Å²) in [5, 5.41) is 8.80. The lowest BCUT2D eigenvalue weighted by Crippen LogP contribution is -2.47. The van der Waals surface area contributed by atoms with Gasteiger partial charge in [0.05, 0.1) is 19.1 Å². The van der Waals surface area contributed by atoms with Crippen LogP contribution in [0.4, 0.5) is 8.78 Å². The van der Waals surface area contributed by atoms with Gasteiger partial charge in [0.1, 0.15) is 0 Å². The van der Waals surface area contributed by atoms with Crippen LogP contribution < -0.4 is 0 Å². The third-order valence-corrected chi connectivity index (χ3v) is 4.34. The van der Waals surface area contributed by atoms with E-state index in [1.54, 1.807) is 4.90 Å². The van der Waals surface area contributed by atoms with Gasteiger partial charge in [-0.05, 0) is 24.0 Å². The van der Waals surface area contributed by atoms with Crippen molar-refractivity contribution in [2.75, 3.05) is 19.7 Å². The Hall–Kier alpha value is -2.02. The summed E-state index contributed by atoms with van der Waals surface area (Å²) in [4.78, 5) is 24.8. The normalized spacial score (nSPS) is 26.9. The number of hydrogen-bond acceptors (Lipinski definition) is 3. The highest BCUT2D eigenvalue weighted by molar-refractivity contribution is 5.83. The summed E-state index contributed by atoms with van der Waals surface area (Å²) in [5.74, 6) is -3.59. The van der Waals surface area contributed by atoms with Gasteiger partial charge in [0.2, 0.25) is 5.91 Å². The first-order chi connectivity index (χ1) is 11.0. The van der Waals surface area contributed by atoms with E-state index in [-0.39, 0.29) is 42.9 Å². The van der Waals surface area contributed by atoms with Crippen LogP contribution in [0.15, 0.2) is 18.2 Å². The number of carboxylic acids is 1. The van der Waals surface area contributed by atoms with Gasteiger partial charge >= 0.3 is 5.97 Å². The summed E-state index contributed by atoms with van der Waals surface area (Å²) in [6.45, 7) is 0.902. The highest BCUT2D eigenvalue weighted by Crippen LogP contribution is 2.49. The Labute approximate surface area is 131 Å². The van der Waals surface area contributed by atoms with E-state index in [0.29, 0.717) is 13.0 Å². The fraction of sp³-hybridized carbons (Fsp3) is 0.500. The Bertz CT molecular complexity index is 637. The third kappa shape index (κ3) is 3.34. The molecule has 1 amide bonds. The molecule has 0 radical (unpaired) electrons. The second-order valence-corrected chi connectivity index (χ2v) is 5.97. The van der Waals surface area contributed by atoms with Gasteiger partial charge in [-0.2, -0.15) is 0 Å². The first-order valence-corrected chi connectivity index (χ1v) is 7.53. The van der Waals surface area contributed by atoms with Gasteiger partial charge < -0.3 is 14.7 Å². The molecule has 1 saturated carbocycles. The Morgan fingerprint density at radius 3 is 2.87 bits per heavy atom. The maximum absolute atomic E-state index is 13.8. The van der Waals surface area contributed by atoms with E-state index < -0.39 is 23.7 Å². The van der Waals surface area contributed by atoms with Crippen molar-refractivity contribution in [2.24, 2.45) is 5.92 Å². The molecule has 3 rings (SSSR count). The molecule has 1 heterocycles. The Kier molecular flexibility index (Phi) is 4.30. The van der Waals surface area contributed by atoms with Crippen molar-refractivity contribution >= 4 is 11.9 Å². The van der Waals surface area contributed by atoms with Crippen molar-refractivity contribution in [3.05, 3.63) is 35.4 Å². The number of carbonyl (C=O) groups excluding carboxylic acids is 1. The second-order valence-electron chi connectivity index (χ2n) is 5.97. The smallest absolute Gasteiger partial charge is 0.306 e. The largest absolute Gasteiger partial charge is 0.481 e. The predicted octanol–water partition coefficient (Wildman–Crippen LogP) is 1.77. The third-order valence-electron chi connectivity index (χ3n) is 4.34. The highest BCUT2D eigenvalue weighted by atomic mass is 19.2. The van der Waals surface area contributed by atoms with Crippen molar-refractivity contribution in [2.45, 2.75) is 24.9 Å². The zero-order chi connectivity index (χ0) is 16.6. The molecule has 1 aliphatic carbocycles. The van der Waals surface area contributed by atoms with Gasteiger partial charge in [-0.3, -0.25) is 9.59 Å². The van der Waals surface area contributed by atoms with Crippen molar-refractivity contribution in [1.29, 1.82) is 0 Å². The van der Waals surface area contributed by atoms with Gasteiger partial charge in [0.15, 0.2) is 11.6 Å². The number of halogens is 2. The van der Waals surface area contributed by atoms with Crippen LogP contribution in [0.5, 0.6) is 0 Å². The van der Waals surface area contributed by atoms with Gasteiger partial charge in [0, 0.05) is 19.0 Å². The average Bonchev–Trinajstić information content (AvgIpc) is 3.29. The van der Waals surface area contributed by atoms with Crippen molar-refractivity contribution in [3.8, 4) is 0 Å². The van der Waals surface area contributed by atoms with E-state index in [4.69, 9.17) is 9.84 Å². The number of nitrogens with zero attached hydrogens (tertiary/aromatic N) is 1. The fourth-order valence-corrected chi connectivity index (χ4v) is 3.09. The summed E-state index contributed by atoms with van der Waals surface area (Å²) < 4.78 is 32.4. The van der Waals surface area contributed by atoms with Gasteiger partial charge in [0.25, 0.3) is 0 Å². The standard InChI is InChI=1S/C16H17F2NO4/c17-13-3-1-2-10(15(13)18)11-7-12(11)16(22)19-4-5-23-9(8-19)6-14(20)21/h1-3,9,11-12H,4-8H2,(H,20,21)/t9-,11-,12+/m1/s1. The number of carboxylic acid groups (broad SMARTS) is 1. The van der Waals surface area contributed by atoms with Crippen LogP contribution in [0.3, 0.4) is 0 Å². The Morgan fingerprint density at radius 1 is 1.35 bits per heavy atom. The molecule has 2 fully saturated rings. The molecule has 1 saturated heterocycles. The minimum atomic E-state index is -0.976. The van der Waals surface area contributed by atoms with Crippen LogP contribution in [0, 0.1) is 17.6 Å². The molecular formula is C16H17F2NO4. The lowest BCUT2D eigenvalue weighted by molar-refractivity contribution is -0.148. The van der Waals surface area contributed by atoms with Crippen LogP contribution >= 0.6 is 0 Å². The number of aliphatic carboxylic acids is 1. The Morgan fingerprint density at radius 2 is 2.13 bits per heavy atom. The molecular weight excluding hydrogens is 308 g/mol. The van der Waals surface area contributed by atoms with Crippen LogP contribution in [-0.4, -0.2) is 47.7 Å². The summed E-state index contributed by atoms with van der Waals surface area (Å²) >= 11 is 0. The molecule has 1 N–H and O–H groups in total. The summed E-state index contributed by atoms with van der Waals surface area (Å²) in [7, 11) is 0. The molecule has 0 unspecified atom stereocenters. The molecule has 23 heavy (non-hydrogen) atoms. The number of amides is 1. The monoisotopic (exact) mass is 325 g/mol. The molecule has 7 heteroatoms. The predicted molar refractivity (Wildman–Crippen MR) is 75.8 cm³/mol. The van der Waals surface area contributed by atoms with E-state index in [9.17, 15) is 18.4 Å². The number of ether oxygens (including phenoxy) is 1. The highest BCUT2D eigenvalue weighted by Gasteiger charge is 2.47. The van der Waals surface area contributed by atoms with Crippen LogP contribution in [0.25, 0.3) is 0 Å². The number of carbonyl (C=O) groups is 2. The molecule has 3 atom stereocenters. The lowest BCUT2D eigenvalue weighted by atomic mass is 10.1. The first-order valence-electron chi connectivity index (χ1n) is 7.53. The van der Waals surface area contributed by atoms with Crippen molar-refractivity contribution in [1.82, 2.24) is 4.90 Å². The number of morpholine rings is 1. The number of hydrogen-bond donors (Lipinski definition) is 1. The molecule has 124 valence electrons. The minimum absolute atomic E-state index is 0.141. The fourth-order valence-electron chi connectivity index (χ4n) is 3.09. The number of rotatable bonds is 4. The maximum atomic E-state index is 13.8. The number of benzene rings is 1. The van der Waals surface area contributed by atoms with Gasteiger partial charge in [-0.1, -0.05) is 12.1 Å². The Balaban J connectivity index is 1.63. The molecule has 0 aromatic heterocycles. The SMILES string of the molecule is O=C(O)C[C@@H]1CN(C(=O)[C@H]2C[C@@H]2c2cccc(F)c2F)CCO1. The van der Waals surface area contributed by atoms with Gasteiger partial charge in [-0.25, -0.2) is 8.78 Å². The topological polar surface area (TPSA) is 66.8 Å². The van der Waals surface area contributed by atoms with Crippen LogP contribution in [0.2, 0.25) is 0 Å². The molecule has 1 aromatic carbocycles. The zero-order valence-corrected chi connectivity index (χ0v) is 12.4. The van der Waals surface area contributed by atoms with E-state index in [0.717, 1.165) is 6.07 Å². The molecule has 0 bridgehead atoms. The van der Waals surface area contributed by atoms with Crippen LogP contribution in [0.1, 0.15) is 24.3 Å². The maximum Gasteiger partial charge on any atom is 0.306 e. The van der Waals surface area contributed by atoms with Gasteiger partial charge in [-0.15, -0.1) is 0 Å². The lowest BCUT2D eigenvalue weighted by Gasteiger charge is -2.32. The molecule has 2 aliphatic rings. The molecule has 0 spiro atoms. The summed E-state index contributed by atoms with van der Waals surface area (Å²) in [6.07, 6.45) is -0.190. The molecule has 1 aliphatic heterocycles. The van der Waals surface area contributed by atoms with Crippen molar-refractivity contribution < 1.29 is 28.2 Å². The molecule has 5 nitrogen and oxygen atoms in total. The van der Waals surface area contributed by atoms with E-state index in [2.05, 4.69) is 0 Å². The molecule has 1 aromatic rings. The van der Waals surface area contributed by atoms with E-state index in [1.165, 1.54) is 12.1 Å². The quantitative estimate of drug-likeness (QED) is 0.916. The second kappa shape index (κ2) is 6.23. The zero-order valence-electron chi connectivity index (χ0n) is 12.4. The summed E-state index contributed by atoms with van der Waals surface area (Å²) in [5.41, 5.74) is 0.235. The minimum Gasteiger partial charge on any atom is -0.481 e. The van der Waals surface area contributed by atoms with E-state index in [1.807, 2.05) is 0 Å².